The fourth-order valence-corrected chi connectivity index (χ4v) is 3.60. The number of hydrogen-bond donors (Lipinski definition) is 1. The lowest BCUT2D eigenvalue weighted by molar-refractivity contribution is -0.127. The standard InChI is InChI=1S/C19H20Cl2FNO2S/c1-2-18(25-16-7-5-15(22)6-8-16)19(24)23-9-10-26-12-13-3-4-14(20)11-17(13)21/h3-8,11,18H,2,9-10,12H2,1H3,(H,23,24). The van der Waals surface area contributed by atoms with Crippen LogP contribution >= 0.6 is 35.0 Å². The number of rotatable bonds is 9. The maximum atomic E-state index is 12.9. The van der Waals surface area contributed by atoms with E-state index in [0.29, 0.717) is 28.8 Å². The van der Waals surface area contributed by atoms with Crippen molar-refractivity contribution >= 4 is 40.9 Å². The van der Waals surface area contributed by atoms with E-state index < -0.39 is 6.10 Å². The summed E-state index contributed by atoms with van der Waals surface area (Å²) >= 11 is 13.7. The lowest BCUT2D eigenvalue weighted by atomic mass is 10.2. The molecule has 3 nitrogen and oxygen atoms in total. The molecular formula is C19H20Cl2FNO2S. The smallest absolute Gasteiger partial charge is 0.261 e. The van der Waals surface area contributed by atoms with Crippen LogP contribution in [0.25, 0.3) is 0 Å². The molecule has 1 amide bonds. The second-order valence-electron chi connectivity index (χ2n) is 5.55. The molecule has 0 aliphatic carbocycles. The Labute approximate surface area is 167 Å². The topological polar surface area (TPSA) is 38.3 Å². The molecule has 2 aromatic carbocycles. The monoisotopic (exact) mass is 415 g/mol. The van der Waals surface area contributed by atoms with Crippen LogP contribution in [0.2, 0.25) is 10.0 Å². The molecule has 2 rings (SSSR count). The quantitative estimate of drug-likeness (QED) is 0.561. The third-order valence-electron chi connectivity index (χ3n) is 3.57. The molecule has 0 fully saturated rings. The van der Waals surface area contributed by atoms with Gasteiger partial charge in [-0.05, 0) is 48.4 Å². The molecule has 0 spiro atoms. The fourth-order valence-electron chi connectivity index (χ4n) is 2.18. The highest BCUT2D eigenvalue weighted by Crippen LogP contribution is 2.24. The third-order valence-corrected chi connectivity index (χ3v) is 5.17. The molecule has 0 aliphatic heterocycles. The summed E-state index contributed by atoms with van der Waals surface area (Å²) in [4.78, 5) is 12.2. The minimum atomic E-state index is -0.601. The van der Waals surface area contributed by atoms with Crippen LogP contribution in [-0.2, 0) is 10.5 Å². The van der Waals surface area contributed by atoms with Crippen LogP contribution in [0.5, 0.6) is 5.75 Å². The number of nitrogens with one attached hydrogen (secondary N) is 1. The number of thioether (sulfide) groups is 1. The number of benzene rings is 2. The van der Waals surface area contributed by atoms with Crippen molar-refractivity contribution in [3.05, 3.63) is 63.9 Å². The van der Waals surface area contributed by atoms with E-state index in [1.165, 1.54) is 24.3 Å². The first-order chi connectivity index (χ1) is 12.5. The van der Waals surface area contributed by atoms with Gasteiger partial charge in [0.1, 0.15) is 11.6 Å². The van der Waals surface area contributed by atoms with E-state index in [0.717, 1.165) is 17.1 Å². The Hall–Kier alpha value is -1.43. The van der Waals surface area contributed by atoms with Gasteiger partial charge in [0.05, 0.1) is 0 Å². The molecule has 0 heterocycles. The van der Waals surface area contributed by atoms with Gasteiger partial charge in [-0.3, -0.25) is 4.79 Å². The van der Waals surface area contributed by atoms with E-state index in [-0.39, 0.29) is 11.7 Å². The van der Waals surface area contributed by atoms with Gasteiger partial charge >= 0.3 is 0 Å². The van der Waals surface area contributed by atoms with Crippen LogP contribution in [0, 0.1) is 5.82 Å². The normalized spacial score (nSPS) is 11.8. The molecule has 0 radical (unpaired) electrons. The summed E-state index contributed by atoms with van der Waals surface area (Å²) < 4.78 is 18.5. The zero-order valence-electron chi connectivity index (χ0n) is 14.3. The van der Waals surface area contributed by atoms with Gasteiger partial charge in [0.15, 0.2) is 6.10 Å². The van der Waals surface area contributed by atoms with E-state index in [1.54, 1.807) is 17.8 Å². The first-order valence-corrected chi connectivity index (χ1v) is 10.1. The molecule has 0 bridgehead atoms. The summed E-state index contributed by atoms with van der Waals surface area (Å²) in [5, 5.41) is 4.12. The summed E-state index contributed by atoms with van der Waals surface area (Å²) in [7, 11) is 0. The van der Waals surface area contributed by atoms with E-state index in [2.05, 4.69) is 5.32 Å². The molecule has 1 unspecified atom stereocenters. The predicted octanol–water partition coefficient (Wildman–Crippen LogP) is 5.34. The maximum Gasteiger partial charge on any atom is 0.261 e. The molecule has 1 atom stereocenters. The highest BCUT2D eigenvalue weighted by atomic mass is 35.5. The highest BCUT2D eigenvalue weighted by molar-refractivity contribution is 7.98. The molecule has 140 valence electrons. The first-order valence-electron chi connectivity index (χ1n) is 8.21. The number of amides is 1. The average Bonchev–Trinajstić information content (AvgIpc) is 2.62. The van der Waals surface area contributed by atoms with Gasteiger partial charge in [0.25, 0.3) is 5.91 Å². The minimum absolute atomic E-state index is 0.179. The van der Waals surface area contributed by atoms with Crippen molar-refractivity contribution in [2.45, 2.75) is 25.2 Å². The van der Waals surface area contributed by atoms with Crippen molar-refractivity contribution < 1.29 is 13.9 Å². The van der Waals surface area contributed by atoms with Crippen molar-refractivity contribution in [1.82, 2.24) is 5.32 Å². The summed E-state index contributed by atoms with van der Waals surface area (Å²) in [6, 6.07) is 11.1. The minimum Gasteiger partial charge on any atom is -0.481 e. The Morgan fingerprint density at radius 3 is 2.62 bits per heavy atom. The molecule has 2 aromatic rings. The molecular weight excluding hydrogens is 396 g/mol. The van der Waals surface area contributed by atoms with Crippen LogP contribution in [0.1, 0.15) is 18.9 Å². The van der Waals surface area contributed by atoms with Crippen molar-refractivity contribution in [3.63, 3.8) is 0 Å². The van der Waals surface area contributed by atoms with Crippen LogP contribution in [0.15, 0.2) is 42.5 Å². The Kier molecular flexibility index (Phi) is 8.55. The molecule has 1 N–H and O–H groups in total. The van der Waals surface area contributed by atoms with Gasteiger partial charge in [-0.2, -0.15) is 11.8 Å². The zero-order chi connectivity index (χ0) is 18.9. The van der Waals surface area contributed by atoms with E-state index in [1.807, 2.05) is 19.1 Å². The Bertz CT molecular complexity index is 728. The molecule has 7 heteroatoms. The van der Waals surface area contributed by atoms with Crippen LogP contribution < -0.4 is 10.1 Å². The van der Waals surface area contributed by atoms with Crippen LogP contribution in [0.3, 0.4) is 0 Å². The van der Waals surface area contributed by atoms with Gasteiger partial charge in [-0.1, -0.05) is 36.2 Å². The van der Waals surface area contributed by atoms with Gasteiger partial charge in [-0.15, -0.1) is 0 Å². The van der Waals surface area contributed by atoms with E-state index in [9.17, 15) is 9.18 Å². The van der Waals surface area contributed by atoms with Crippen molar-refractivity contribution in [2.24, 2.45) is 0 Å². The van der Waals surface area contributed by atoms with Crippen LogP contribution in [0.4, 0.5) is 4.39 Å². The number of hydrogen-bond acceptors (Lipinski definition) is 3. The fraction of sp³-hybridized carbons (Fsp3) is 0.316. The Balaban J connectivity index is 1.71. The Morgan fingerprint density at radius 1 is 1.23 bits per heavy atom. The lowest BCUT2D eigenvalue weighted by Crippen LogP contribution is -2.39. The average molecular weight is 416 g/mol. The largest absolute Gasteiger partial charge is 0.481 e. The first kappa shape index (κ1) is 20.9. The zero-order valence-corrected chi connectivity index (χ0v) is 16.6. The van der Waals surface area contributed by atoms with Crippen LogP contribution in [-0.4, -0.2) is 24.3 Å². The van der Waals surface area contributed by atoms with Crippen molar-refractivity contribution in [1.29, 1.82) is 0 Å². The summed E-state index contributed by atoms with van der Waals surface area (Å²) in [6.07, 6.45) is -0.0762. The number of ether oxygens (including phenoxy) is 1. The maximum absolute atomic E-state index is 12.9. The Morgan fingerprint density at radius 2 is 1.96 bits per heavy atom. The molecule has 0 aliphatic rings. The van der Waals surface area contributed by atoms with Gasteiger partial charge in [0.2, 0.25) is 0 Å². The SMILES string of the molecule is CCC(Oc1ccc(F)cc1)C(=O)NCCSCc1ccc(Cl)cc1Cl. The van der Waals surface area contributed by atoms with Gasteiger partial charge in [0, 0.05) is 28.1 Å². The second kappa shape index (κ2) is 10.7. The summed E-state index contributed by atoms with van der Waals surface area (Å²) in [6.45, 7) is 2.39. The van der Waals surface area contributed by atoms with Gasteiger partial charge < -0.3 is 10.1 Å². The predicted molar refractivity (Wildman–Crippen MR) is 107 cm³/mol. The number of carbonyl (C=O) groups excluding carboxylic acids is 1. The lowest BCUT2D eigenvalue weighted by Gasteiger charge is -2.17. The van der Waals surface area contributed by atoms with E-state index >= 15 is 0 Å². The number of carbonyl (C=O) groups is 1. The van der Waals surface area contributed by atoms with Gasteiger partial charge in [-0.25, -0.2) is 4.39 Å². The highest BCUT2D eigenvalue weighted by Gasteiger charge is 2.17. The third kappa shape index (κ3) is 6.71. The molecule has 0 aromatic heterocycles. The van der Waals surface area contributed by atoms with Crippen molar-refractivity contribution in [3.8, 4) is 5.75 Å². The van der Waals surface area contributed by atoms with E-state index in [4.69, 9.17) is 27.9 Å². The molecule has 26 heavy (non-hydrogen) atoms. The summed E-state index contributed by atoms with van der Waals surface area (Å²) in [5.41, 5.74) is 1.01. The molecule has 0 saturated carbocycles. The number of halogens is 3. The summed E-state index contributed by atoms with van der Waals surface area (Å²) in [5.74, 6) is 1.45. The molecule has 0 saturated heterocycles. The second-order valence-corrected chi connectivity index (χ2v) is 7.50. The van der Waals surface area contributed by atoms with Crippen molar-refractivity contribution in [2.75, 3.05) is 12.3 Å².